The van der Waals surface area contributed by atoms with Crippen LogP contribution in [0.2, 0.25) is 5.02 Å². The summed E-state index contributed by atoms with van der Waals surface area (Å²) in [4.78, 5) is 18.5. The highest BCUT2D eigenvalue weighted by atomic mass is 35.5. The van der Waals surface area contributed by atoms with Crippen molar-refractivity contribution in [3.8, 4) is 0 Å². The molecule has 1 amide bonds. The van der Waals surface area contributed by atoms with Crippen LogP contribution in [0.25, 0.3) is 0 Å². The second-order valence-corrected chi connectivity index (χ2v) is 8.57. The minimum atomic E-state index is -0.235. The van der Waals surface area contributed by atoms with Crippen molar-refractivity contribution in [2.45, 2.75) is 39.7 Å². The quantitative estimate of drug-likeness (QED) is 0.531. The van der Waals surface area contributed by atoms with Gasteiger partial charge in [0, 0.05) is 42.9 Å². The summed E-state index contributed by atoms with van der Waals surface area (Å²) in [5.74, 6) is 1.12. The van der Waals surface area contributed by atoms with Gasteiger partial charge in [0.1, 0.15) is 0 Å². The molecule has 1 saturated heterocycles. The summed E-state index contributed by atoms with van der Waals surface area (Å²) >= 11 is 6.16. The summed E-state index contributed by atoms with van der Waals surface area (Å²) in [6.45, 7) is 11.0. The van der Waals surface area contributed by atoms with Crippen LogP contribution in [0.1, 0.15) is 32.8 Å². The van der Waals surface area contributed by atoms with Crippen molar-refractivity contribution in [3.05, 3.63) is 28.8 Å². The predicted molar refractivity (Wildman–Crippen MR) is 114 cm³/mol. The number of aliphatic imine (C=N–C) groups is 1. The Balaban J connectivity index is 1.79. The molecule has 7 heteroatoms. The molecule has 1 heterocycles. The van der Waals surface area contributed by atoms with Gasteiger partial charge in [-0.1, -0.05) is 17.7 Å². The van der Waals surface area contributed by atoms with Crippen molar-refractivity contribution in [3.63, 3.8) is 0 Å². The van der Waals surface area contributed by atoms with Gasteiger partial charge in [0.15, 0.2) is 5.96 Å². The Bertz CT molecular complexity index is 683. The Hall–Kier alpha value is -1.95. The zero-order valence-corrected chi connectivity index (χ0v) is 17.8. The van der Waals surface area contributed by atoms with E-state index in [0.29, 0.717) is 11.9 Å². The molecule has 1 aromatic carbocycles. The molecule has 1 unspecified atom stereocenters. The third kappa shape index (κ3) is 6.94. The van der Waals surface area contributed by atoms with Gasteiger partial charge in [-0.2, -0.15) is 0 Å². The molecule has 1 aliphatic rings. The maximum absolute atomic E-state index is 11.9. The third-order valence-corrected chi connectivity index (χ3v) is 4.75. The Morgan fingerprint density at radius 2 is 2.07 bits per heavy atom. The van der Waals surface area contributed by atoms with Crippen molar-refractivity contribution in [1.82, 2.24) is 16.0 Å². The monoisotopic (exact) mass is 393 g/mol. The van der Waals surface area contributed by atoms with Crippen molar-refractivity contribution < 1.29 is 4.79 Å². The molecule has 6 nitrogen and oxygen atoms in total. The smallest absolute Gasteiger partial charge is 0.239 e. The first-order chi connectivity index (χ1) is 12.7. The van der Waals surface area contributed by atoms with E-state index in [1.54, 1.807) is 7.05 Å². The maximum atomic E-state index is 11.9. The molecule has 2 rings (SSSR count). The molecule has 1 aliphatic heterocycles. The number of hydrogen-bond acceptors (Lipinski definition) is 3. The standard InChI is InChI=1S/C20H32ClN5O/c1-14-6-7-16(21)10-17(14)26-9-8-15(13-26)11-23-19(22-5)24-12-18(27)25-20(2,3)4/h6-7,10,15H,8-9,11-13H2,1-5H3,(H,25,27)(H2,22,23,24). The van der Waals surface area contributed by atoms with E-state index in [0.717, 1.165) is 31.1 Å². The average molecular weight is 394 g/mol. The van der Waals surface area contributed by atoms with Crippen LogP contribution < -0.4 is 20.9 Å². The molecule has 1 atom stereocenters. The van der Waals surface area contributed by atoms with E-state index in [1.165, 1.54) is 11.3 Å². The highest BCUT2D eigenvalue weighted by Crippen LogP contribution is 2.29. The largest absolute Gasteiger partial charge is 0.371 e. The Labute approximate surface area is 167 Å². The van der Waals surface area contributed by atoms with Crippen LogP contribution in [-0.4, -0.2) is 50.6 Å². The van der Waals surface area contributed by atoms with Gasteiger partial charge < -0.3 is 20.9 Å². The van der Waals surface area contributed by atoms with Gasteiger partial charge in [0.25, 0.3) is 0 Å². The number of hydrogen-bond donors (Lipinski definition) is 3. The van der Waals surface area contributed by atoms with E-state index in [4.69, 9.17) is 11.6 Å². The van der Waals surface area contributed by atoms with Crippen LogP contribution in [0.5, 0.6) is 0 Å². The molecule has 150 valence electrons. The van der Waals surface area contributed by atoms with E-state index in [2.05, 4.69) is 38.8 Å². The normalized spacial score (nSPS) is 17.8. The van der Waals surface area contributed by atoms with Crippen LogP contribution in [0, 0.1) is 12.8 Å². The van der Waals surface area contributed by atoms with Crippen LogP contribution in [0.15, 0.2) is 23.2 Å². The number of amides is 1. The van der Waals surface area contributed by atoms with Gasteiger partial charge in [-0.05, 0) is 57.7 Å². The van der Waals surface area contributed by atoms with E-state index in [-0.39, 0.29) is 18.0 Å². The lowest BCUT2D eigenvalue weighted by Crippen LogP contribution is -2.48. The van der Waals surface area contributed by atoms with Crippen LogP contribution >= 0.6 is 11.6 Å². The number of carbonyl (C=O) groups is 1. The minimum absolute atomic E-state index is 0.0473. The van der Waals surface area contributed by atoms with Crippen LogP contribution in [0.4, 0.5) is 5.69 Å². The van der Waals surface area contributed by atoms with Crippen LogP contribution in [-0.2, 0) is 4.79 Å². The molecule has 3 N–H and O–H groups in total. The van der Waals surface area contributed by atoms with E-state index in [9.17, 15) is 4.79 Å². The molecule has 1 fully saturated rings. The number of aryl methyl sites for hydroxylation is 1. The number of benzene rings is 1. The SMILES string of the molecule is CN=C(NCC(=O)NC(C)(C)C)NCC1CCN(c2cc(Cl)ccc2C)C1. The number of nitrogens with one attached hydrogen (secondary N) is 3. The van der Waals surface area contributed by atoms with Gasteiger partial charge in [0.2, 0.25) is 5.91 Å². The second kappa shape index (κ2) is 9.31. The molecule has 0 radical (unpaired) electrons. The highest BCUT2D eigenvalue weighted by molar-refractivity contribution is 6.30. The topological polar surface area (TPSA) is 68.8 Å². The molecular weight excluding hydrogens is 362 g/mol. The van der Waals surface area contributed by atoms with Gasteiger partial charge in [-0.3, -0.25) is 9.79 Å². The lowest BCUT2D eigenvalue weighted by Gasteiger charge is -2.22. The Morgan fingerprint density at radius 3 is 2.74 bits per heavy atom. The first kappa shape index (κ1) is 21.4. The molecule has 0 aliphatic carbocycles. The van der Waals surface area contributed by atoms with Gasteiger partial charge >= 0.3 is 0 Å². The second-order valence-electron chi connectivity index (χ2n) is 8.14. The molecular formula is C20H32ClN5O. The molecule has 0 saturated carbocycles. The molecule has 0 aromatic heterocycles. The van der Waals surface area contributed by atoms with Gasteiger partial charge in [0.05, 0.1) is 6.54 Å². The number of guanidine groups is 1. The first-order valence-electron chi connectivity index (χ1n) is 9.44. The van der Waals surface area contributed by atoms with Crippen molar-refractivity contribution in [1.29, 1.82) is 0 Å². The molecule has 0 spiro atoms. The lowest BCUT2D eigenvalue weighted by atomic mass is 10.1. The number of rotatable bonds is 5. The van der Waals surface area contributed by atoms with Crippen molar-refractivity contribution >= 4 is 29.2 Å². The third-order valence-electron chi connectivity index (χ3n) is 4.51. The summed E-state index contributed by atoms with van der Waals surface area (Å²) in [6, 6.07) is 6.04. The predicted octanol–water partition coefficient (Wildman–Crippen LogP) is 2.55. The molecule has 1 aromatic rings. The summed E-state index contributed by atoms with van der Waals surface area (Å²) in [5.41, 5.74) is 2.23. The summed E-state index contributed by atoms with van der Waals surface area (Å²) in [7, 11) is 1.72. The first-order valence-corrected chi connectivity index (χ1v) is 9.82. The highest BCUT2D eigenvalue weighted by Gasteiger charge is 2.24. The summed E-state index contributed by atoms with van der Waals surface area (Å²) in [6.07, 6.45) is 1.11. The lowest BCUT2D eigenvalue weighted by molar-refractivity contribution is -0.121. The fourth-order valence-corrected chi connectivity index (χ4v) is 3.40. The van der Waals surface area contributed by atoms with E-state index < -0.39 is 0 Å². The summed E-state index contributed by atoms with van der Waals surface area (Å²) in [5, 5.41) is 10.1. The zero-order valence-electron chi connectivity index (χ0n) is 17.0. The van der Waals surface area contributed by atoms with Crippen molar-refractivity contribution in [2.24, 2.45) is 10.9 Å². The van der Waals surface area contributed by atoms with Gasteiger partial charge in [-0.25, -0.2) is 0 Å². The zero-order chi connectivity index (χ0) is 20.0. The fourth-order valence-electron chi connectivity index (χ4n) is 3.23. The fraction of sp³-hybridized carbons (Fsp3) is 0.600. The van der Waals surface area contributed by atoms with E-state index >= 15 is 0 Å². The number of carbonyl (C=O) groups excluding carboxylic acids is 1. The number of anilines is 1. The molecule has 0 bridgehead atoms. The number of halogens is 1. The Kier molecular flexibility index (Phi) is 7.36. The Morgan fingerprint density at radius 1 is 1.33 bits per heavy atom. The molecule has 27 heavy (non-hydrogen) atoms. The maximum Gasteiger partial charge on any atom is 0.239 e. The van der Waals surface area contributed by atoms with Crippen LogP contribution in [0.3, 0.4) is 0 Å². The van der Waals surface area contributed by atoms with Gasteiger partial charge in [-0.15, -0.1) is 0 Å². The number of nitrogens with zero attached hydrogens (tertiary/aromatic N) is 2. The van der Waals surface area contributed by atoms with E-state index in [1.807, 2.05) is 32.9 Å². The summed E-state index contributed by atoms with van der Waals surface area (Å²) < 4.78 is 0. The average Bonchev–Trinajstić information content (AvgIpc) is 3.04. The van der Waals surface area contributed by atoms with Crippen molar-refractivity contribution in [2.75, 3.05) is 38.1 Å². The minimum Gasteiger partial charge on any atom is -0.371 e.